The number of benzene rings is 3. The van der Waals surface area contributed by atoms with Gasteiger partial charge in [-0.1, -0.05) is 24.3 Å². The fraction of sp³-hybridized carbons (Fsp3) is 0. The third-order valence-corrected chi connectivity index (χ3v) is 4.28. The van der Waals surface area contributed by atoms with Gasteiger partial charge in [-0.15, -0.1) is 0 Å². The topological polar surface area (TPSA) is 247 Å². The third-order valence-electron chi connectivity index (χ3n) is 4.28. The van der Waals surface area contributed by atoms with Crippen LogP contribution < -0.4 is 16.8 Å². The molecule has 13 nitrogen and oxygen atoms in total. The fourth-order valence-electron chi connectivity index (χ4n) is 3.17. The zero-order chi connectivity index (χ0) is 25.0. The Bertz CT molecular complexity index is 1260. The number of nitrogens with two attached hydrogens (primary N) is 2. The summed E-state index contributed by atoms with van der Waals surface area (Å²) in [5, 5.41) is 40.2. The van der Waals surface area contributed by atoms with Crippen LogP contribution in [0.2, 0.25) is 0 Å². The lowest BCUT2D eigenvalue weighted by molar-refractivity contribution is 0.0621. The molecule has 9 N–H and O–H groups in total. The predicted octanol–water partition coefficient (Wildman–Crippen LogP) is 1.52. The molecule has 3 rings (SSSR count). The maximum absolute atomic E-state index is 11.7. The number of amides is 4. The van der Waals surface area contributed by atoms with Crippen LogP contribution in [-0.2, 0) is 0 Å². The number of urea groups is 2. The lowest BCUT2D eigenvalue weighted by atomic mass is 9.87. The Hall–Kier alpha value is -5.20. The smallest absolute Gasteiger partial charge is 0.337 e. The molecule has 0 spiro atoms. The molecular formula is C20H15N3O10. The predicted molar refractivity (Wildman–Crippen MR) is 112 cm³/mol. The van der Waals surface area contributed by atoms with Gasteiger partial charge in [-0.05, 0) is 33.7 Å². The number of rotatable bonds is 4. The molecule has 0 aliphatic heterocycles. The van der Waals surface area contributed by atoms with Gasteiger partial charge in [-0.3, -0.25) is 5.32 Å². The van der Waals surface area contributed by atoms with Crippen molar-refractivity contribution in [2.24, 2.45) is 11.5 Å². The molecule has 170 valence electrons. The van der Waals surface area contributed by atoms with Crippen molar-refractivity contribution < 1.29 is 49.2 Å². The molecule has 3 aromatic rings. The number of carboxylic acids is 4. The van der Waals surface area contributed by atoms with Gasteiger partial charge in [-0.25, -0.2) is 28.8 Å². The van der Waals surface area contributed by atoms with Gasteiger partial charge in [0.1, 0.15) is 0 Å². The van der Waals surface area contributed by atoms with E-state index in [0.29, 0.717) is 10.8 Å². The molecule has 0 aliphatic carbocycles. The molecule has 3 aromatic carbocycles. The summed E-state index contributed by atoms with van der Waals surface area (Å²) in [4.78, 5) is 65.9. The first-order valence-electron chi connectivity index (χ1n) is 8.68. The Morgan fingerprint density at radius 2 is 0.879 bits per heavy atom. The van der Waals surface area contributed by atoms with Crippen LogP contribution in [0.5, 0.6) is 0 Å². The summed E-state index contributed by atoms with van der Waals surface area (Å²) in [6, 6.07) is 7.46. The first kappa shape index (κ1) is 24.1. The van der Waals surface area contributed by atoms with Crippen molar-refractivity contribution in [3.05, 3.63) is 58.7 Å². The first-order chi connectivity index (χ1) is 15.4. The molecule has 0 bridgehead atoms. The van der Waals surface area contributed by atoms with Crippen LogP contribution in [0.25, 0.3) is 21.5 Å². The maximum atomic E-state index is 11.7. The van der Waals surface area contributed by atoms with Crippen molar-refractivity contribution in [2.45, 2.75) is 0 Å². The molecule has 0 aliphatic rings. The van der Waals surface area contributed by atoms with Gasteiger partial charge in [-0.2, -0.15) is 0 Å². The van der Waals surface area contributed by atoms with Crippen molar-refractivity contribution >= 4 is 57.5 Å². The molecule has 0 unspecified atom stereocenters. The van der Waals surface area contributed by atoms with Gasteiger partial charge in [0.25, 0.3) is 0 Å². The van der Waals surface area contributed by atoms with E-state index in [4.69, 9.17) is 0 Å². The Balaban J connectivity index is 0.000000479. The molecule has 0 saturated carbocycles. The van der Waals surface area contributed by atoms with Gasteiger partial charge in [0.2, 0.25) is 0 Å². The lowest BCUT2D eigenvalue weighted by Gasteiger charge is -2.15. The average molecular weight is 457 g/mol. The third kappa shape index (κ3) is 4.93. The van der Waals surface area contributed by atoms with Crippen LogP contribution in [0, 0.1) is 0 Å². The average Bonchev–Trinajstić information content (AvgIpc) is 2.69. The first-order valence-corrected chi connectivity index (χ1v) is 8.68. The van der Waals surface area contributed by atoms with E-state index in [1.54, 1.807) is 29.6 Å². The second-order valence-corrected chi connectivity index (χ2v) is 6.32. The van der Waals surface area contributed by atoms with Gasteiger partial charge in [0.05, 0.1) is 22.3 Å². The van der Waals surface area contributed by atoms with Crippen LogP contribution in [0.15, 0.2) is 36.4 Å². The number of hydrogen-bond donors (Lipinski definition) is 7. The van der Waals surface area contributed by atoms with Gasteiger partial charge >= 0.3 is 35.9 Å². The highest BCUT2D eigenvalue weighted by atomic mass is 16.4. The molecule has 0 fully saturated rings. The van der Waals surface area contributed by atoms with E-state index in [2.05, 4.69) is 11.5 Å². The largest absolute Gasteiger partial charge is 0.478 e. The second kappa shape index (κ2) is 9.30. The van der Waals surface area contributed by atoms with E-state index in [1.807, 2.05) is 0 Å². The van der Waals surface area contributed by atoms with E-state index in [0.717, 1.165) is 0 Å². The van der Waals surface area contributed by atoms with Crippen LogP contribution in [0.4, 0.5) is 9.59 Å². The van der Waals surface area contributed by atoms with Crippen LogP contribution in [0.1, 0.15) is 41.4 Å². The Labute approximate surface area is 182 Å². The molecule has 0 aromatic heterocycles. The minimum Gasteiger partial charge on any atom is -0.478 e. The zero-order valence-corrected chi connectivity index (χ0v) is 16.4. The van der Waals surface area contributed by atoms with Crippen LogP contribution >= 0.6 is 0 Å². The molecule has 13 heteroatoms. The van der Waals surface area contributed by atoms with Crippen molar-refractivity contribution in [2.75, 3.05) is 0 Å². The number of primary amides is 2. The number of nitrogens with one attached hydrogen (secondary N) is 1. The zero-order valence-electron chi connectivity index (χ0n) is 16.4. The van der Waals surface area contributed by atoms with Crippen LogP contribution in [-0.4, -0.2) is 56.4 Å². The summed E-state index contributed by atoms with van der Waals surface area (Å²) in [6.45, 7) is 0. The maximum Gasteiger partial charge on any atom is 0.337 e. The molecular weight excluding hydrogens is 442 g/mol. The summed E-state index contributed by atoms with van der Waals surface area (Å²) in [7, 11) is 0. The molecule has 0 saturated heterocycles. The van der Waals surface area contributed by atoms with Gasteiger partial charge < -0.3 is 31.9 Å². The highest BCUT2D eigenvalue weighted by Crippen LogP contribution is 2.34. The summed E-state index contributed by atoms with van der Waals surface area (Å²) < 4.78 is 0. The summed E-state index contributed by atoms with van der Waals surface area (Å²) in [5.41, 5.74) is 5.23. The SMILES string of the molecule is NC(=O)NC(N)=O.O=C(O)c1c(C(=O)O)c(C(=O)O)c2cc3ccccc3cc2c1C(=O)O. The molecule has 0 radical (unpaired) electrons. The summed E-state index contributed by atoms with van der Waals surface area (Å²) in [6.07, 6.45) is 0. The second-order valence-electron chi connectivity index (χ2n) is 6.32. The van der Waals surface area contributed by atoms with Crippen molar-refractivity contribution in [1.29, 1.82) is 0 Å². The monoisotopic (exact) mass is 457 g/mol. The Morgan fingerprint density at radius 3 is 1.09 bits per heavy atom. The van der Waals surface area contributed by atoms with E-state index < -0.39 is 58.2 Å². The molecule has 0 atom stereocenters. The standard InChI is InChI=1S/C18H10O8.C2H5N3O2/c19-15(20)11-9-5-7-3-1-2-4-8(7)6-10(9)12(16(21)22)14(18(25)26)13(11)17(23)24;3-1(6)5-2(4)7/h1-6H,(H,19,20)(H,21,22)(H,23,24)(H,25,26);(H5,3,4,5,6,7). The van der Waals surface area contributed by atoms with E-state index in [1.165, 1.54) is 12.1 Å². The fourth-order valence-corrected chi connectivity index (χ4v) is 3.17. The van der Waals surface area contributed by atoms with Gasteiger partial charge in [0, 0.05) is 0 Å². The molecule has 4 amide bonds. The lowest BCUT2D eigenvalue weighted by Crippen LogP contribution is -2.38. The Morgan fingerprint density at radius 1 is 0.576 bits per heavy atom. The molecule has 33 heavy (non-hydrogen) atoms. The van der Waals surface area contributed by atoms with E-state index >= 15 is 0 Å². The highest BCUT2D eigenvalue weighted by molar-refractivity contribution is 6.24. The number of carboxylic acid groups (broad SMARTS) is 4. The highest BCUT2D eigenvalue weighted by Gasteiger charge is 2.33. The summed E-state index contributed by atoms with van der Waals surface area (Å²) >= 11 is 0. The number of aromatic carboxylic acids is 4. The van der Waals surface area contributed by atoms with E-state index in [-0.39, 0.29) is 10.8 Å². The number of hydrogen-bond acceptors (Lipinski definition) is 6. The van der Waals surface area contributed by atoms with Crippen molar-refractivity contribution in [1.82, 2.24) is 5.32 Å². The molecule has 0 heterocycles. The Kier molecular flexibility index (Phi) is 6.78. The summed E-state index contributed by atoms with van der Waals surface area (Å²) in [5.74, 6) is -7.00. The quantitative estimate of drug-likeness (QED) is 0.278. The van der Waals surface area contributed by atoms with Crippen LogP contribution in [0.3, 0.4) is 0 Å². The van der Waals surface area contributed by atoms with Crippen molar-refractivity contribution in [3.63, 3.8) is 0 Å². The number of carbonyl (C=O) groups is 6. The normalized spacial score (nSPS) is 10.1. The van der Waals surface area contributed by atoms with Crippen molar-refractivity contribution in [3.8, 4) is 0 Å². The number of carbonyl (C=O) groups excluding carboxylic acids is 2. The number of fused-ring (bicyclic) bond motifs is 2. The number of imide groups is 1. The minimum absolute atomic E-state index is 0.156. The van der Waals surface area contributed by atoms with E-state index in [9.17, 15) is 49.2 Å². The van der Waals surface area contributed by atoms with Gasteiger partial charge in [0.15, 0.2) is 0 Å². The minimum atomic E-state index is -1.84.